The van der Waals surface area contributed by atoms with Gasteiger partial charge in [0.05, 0.1) is 0 Å². The van der Waals surface area contributed by atoms with E-state index in [0.29, 0.717) is 11.3 Å². The molecule has 3 atom stereocenters. The zero-order valence-electron chi connectivity index (χ0n) is 11.6. The molecule has 0 spiro atoms. The largest absolute Gasteiger partial charge is 0.340 e. The highest BCUT2D eigenvalue weighted by atomic mass is 32.2. The van der Waals surface area contributed by atoms with Gasteiger partial charge >= 0.3 is 0 Å². The molecule has 4 heteroatoms. The molecule has 3 unspecified atom stereocenters. The molecule has 1 aromatic rings. The molecule has 3 nitrogen and oxygen atoms in total. The minimum absolute atomic E-state index is 0.639. The van der Waals surface area contributed by atoms with Crippen molar-refractivity contribution in [3.05, 3.63) is 12.4 Å². The molecule has 102 valence electrons. The molecular weight excluding hydrogens is 242 g/mol. The van der Waals surface area contributed by atoms with Crippen molar-refractivity contribution in [2.45, 2.75) is 56.5 Å². The lowest BCUT2D eigenvalue weighted by Crippen LogP contribution is -2.43. The fourth-order valence-corrected chi connectivity index (χ4v) is 4.13. The lowest BCUT2D eigenvalue weighted by Gasteiger charge is -2.37. The Balaban J connectivity index is 2.00. The van der Waals surface area contributed by atoms with Crippen molar-refractivity contribution < 1.29 is 0 Å². The van der Waals surface area contributed by atoms with Gasteiger partial charge in [-0.1, -0.05) is 32.5 Å². The van der Waals surface area contributed by atoms with Crippen molar-refractivity contribution in [3.63, 3.8) is 0 Å². The summed E-state index contributed by atoms with van der Waals surface area (Å²) in [5.74, 6) is 1.67. The van der Waals surface area contributed by atoms with E-state index in [9.17, 15) is 0 Å². The van der Waals surface area contributed by atoms with Crippen molar-refractivity contribution in [2.75, 3.05) is 6.54 Å². The van der Waals surface area contributed by atoms with E-state index in [1.54, 1.807) is 0 Å². The van der Waals surface area contributed by atoms with Gasteiger partial charge in [0, 0.05) is 23.7 Å². The van der Waals surface area contributed by atoms with E-state index < -0.39 is 0 Å². The van der Waals surface area contributed by atoms with Crippen molar-refractivity contribution >= 4 is 11.8 Å². The second kappa shape index (κ2) is 6.62. The average molecular weight is 267 g/mol. The monoisotopic (exact) mass is 267 g/mol. The fraction of sp³-hybridized carbons (Fsp3) is 0.786. The van der Waals surface area contributed by atoms with Crippen LogP contribution < -0.4 is 5.32 Å². The second-order valence-corrected chi connectivity index (χ2v) is 6.76. The van der Waals surface area contributed by atoms with E-state index in [-0.39, 0.29) is 0 Å². The molecule has 1 aliphatic carbocycles. The number of thioether (sulfide) groups is 1. The van der Waals surface area contributed by atoms with E-state index in [2.05, 4.69) is 36.1 Å². The predicted octanol–water partition coefficient (Wildman–Crippen LogP) is 3.30. The summed E-state index contributed by atoms with van der Waals surface area (Å²) in [6.07, 6.45) is 7.72. The Morgan fingerprint density at radius 2 is 2.33 bits per heavy atom. The van der Waals surface area contributed by atoms with Gasteiger partial charge in [0.2, 0.25) is 0 Å². The van der Waals surface area contributed by atoms with Gasteiger partial charge in [0.15, 0.2) is 5.16 Å². The van der Waals surface area contributed by atoms with E-state index in [4.69, 9.17) is 0 Å². The minimum Gasteiger partial charge on any atom is -0.340 e. The SMILES string of the molecule is CCNC1CCC(C(C)C)CC1Sc1ncc[nH]1. The van der Waals surface area contributed by atoms with Crippen LogP contribution in [0.15, 0.2) is 17.6 Å². The van der Waals surface area contributed by atoms with Crippen LogP contribution in [0.5, 0.6) is 0 Å². The third-order valence-corrected chi connectivity index (χ3v) is 5.25. The maximum atomic E-state index is 4.35. The Hall–Kier alpha value is -0.480. The topological polar surface area (TPSA) is 40.7 Å². The molecule has 0 radical (unpaired) electrons. The van der Waals surface area contributed by atoms with E-state index >= 15 is 0 Å². The highest BCUT2D eigenvalue weighted by molar-refractivity contribution is 7.99. The summed E-state index contributed by atoms with van der Waals surface area (Å²) < 4.78 is 0. The Morgan fingerprint density at radius 1 is 1.50 bits per heavy atom. The molecule has 0 aromatic carbocycles. The first kappa shape index (κ1) is 13.9. The number of aromatic nitrogens is 2. The quantitative estimate of drug-likeness (QED) is 0.860. The van der Waals surface area contributed by atoms with Crippen LogP contribution in [0.2, 0.25) is 0 Å². The first-order valence-electron chi connectivity index (χ1n) is 7.10. The van der Waals surface area contributed by atoms with Crippen molar-refractivity contribution in [1.82, 2.24) is 15.3 Å². The van der Waals surface area contributed by atoms with Crippen LogP contribution in [0.3, 0.4) is 0 Å². The summed E-state index contributed by atoms with van der Waals surface area (Å²) in [5.41, 5.74) is 0. The molecule has 1 fully saturated rings. The molecule has 2 rings (SSSR count). The molecule has 0 aliphatic heterocycles. The average Bonchev–Trinajstić information content (AvgIpc) is 2.84. The van der Waals surface area contributed by atoms with Crippen LogP contribution in [-0.2, 0) is 0 Å². The lowest BCUT2D eigenvalue weighted by molar-refractivity contribution is 0.247. The fourth-order valence-electron chi connectivity index (χ4n) is 2.85. The zero-order chi connectivity index (χ0) is 13.0. The van der Waals surface area contributed by atoms with Crippen molar-refractivity contribution in [3.8, 4) is 0 Å². The molecule has 1 aromatic heterocycles. The number of H-pyrrole nitrogens is 1. The number of nitrogens with one attached hydrogen (secondary N) is 2. The number of rotatable bonds is 5. The van der Waals surface area contributed by atoms with Crippen LogP contribution in [-0.4, -0.2) is 27.8 Å². The normalized spacial score (nSPS) is 28.8. The zero-order valence-corrected chi connectivity index (χ0v) is 12.5. The third kappa shape index (κ3) is 3.51. The summed E-state index contributed by atoms with van der Waals surface area (Å²) in [6.45, 7) is 7.97. The third-order valence-electron chi connectivity index (χ3n) is 3.98. The van der Waals surface area contributed by atoms with Gasteiger partial charge in [-0.05, 0) is 37.6 Å². The molecule has 2 N–H and O–H groups in total. The molecule has 1 aliphatic rings. The van der Waals surface area contributed by atoms with Crippen molar-refractivity contribution in [2.24, 2.45) is 11.8 Å². The highest BCUT2D eigenvalue weighted by Crippen LogP contribution is 2.38. The molecular formula is C14H25N3S. The summed E-state index contributed by atoms with van der Waals surface area (Å²) in [5, 5.41) is 5.36. The van der Waals surface area contributed by atoms with Crippen LogP contribution >= 0.6 is 11.8 Å². The summed E-state index contributed by atoms with van der Waals surface area (Å²) in [7, 11) is 0. The van der Waals surface area contributed by atoms with E-state index in [1.165, 1.54) is 19.3 Å². The second-order valence-electron chi connectivity index (χ2n) is 5.53. The Kier molecular flexibility index (Phi) is 5.13. The first-order chi connectivity index (χ1) is 8.70. The number of imidazole rings is 1. The number of nitrogens with zero attached hydrogens (tertiary/aromatic N) is 1. The maximum Gasteiger partial charge on any atom is 0.165 e. The van der Waals surface area contributed by atoms with Gasteiger partial charge in [0.25, 0.3) is 0 Å². The predicted molar refractivity (Wildman–Crippen MR) is 77.9 cm³/mol. The first-order valence-corrected chi connectivity index (χ1v) is 7.98. The Labute approximate surface area is 115 Å². The molecule has 1 heterocycles. The van der Waals surface area contributed by atoms with Crippen LogP contribution in [0, 0.1) is 11.8 Å². The standard InChI is InChI=1S/C14H25N3S/c1-4-15-12-6-5-11(10(2)3)9-13(12)18-14-16-7-8-17-14/h7-8,10-13,15H,4-6,9H2,1-3H3,(H,16,17). The van der Waals surface area contributed by atoms with Gasteiger partial charge in [-0.2, -0.15) is 0 Å². The molecule has 1 saturated carbocycles. The van der Waals surface area contributed by atoms with Gasteiger partial charge in [-0.15, -0.1) is 0 Å². The Morgan fingerprint density at radius 3 is 2.94 bits per heavy atom. The summed E-state index contributed by atoms with van der Waals surface area (Å²) in [6, 6.07) is 0.639. The molecule has 0 saturated heterocycles. The van der Waals surface area contributed by atoms with Crippen molar-refractivity contribution in [1.29, 1.82) is 0 Å². The molecule has 0 amide bonds. The molecule has 0 bridgehead atoms. The Bertz CT molecular complexity index is 337. The van der Waals surface area contributed by atoms with E-state index in [0.717, 1.165) is 23.5 Å². The highest BCUT2D eigenvalue weighted by Gasteiger charge is 2.32. The summed E-state index contributed by atoms with van der Waals surface area (Å²) >= 11 is 1.91. The van der Waals surface area contributed by atoms with Crippen LogP contribution in [0.25, 0.3) is 0 Å². The van der Waals surface area contributed by atoms with Crippen LogP contribution in [0.4, 0.5) is 0 Å². The number of hydrogen-bond donors (Lipinski definition) is 2. The van der Waals surface area contributed by atoms with Gasteiger partial charge < -0.3 is 10.3 Å². The van der Waals surface area contributed by atoms with Gasteiger partial charge in [0.1, 0.15) is 0 Å². The molecule has 18 heavy (non-hydrogen) atoms. The number of hydrogen-bond acceptors (Lipinski definition) is 3. The smallest absolute Gasteiger partial charge is 0.165 e. The van der Waals surface area contributed by atoms with E-state index in [1.807, 2.05) is 24.2 Å². The van der Waals surface area contributed by atoms with Gasteiger partial charge in [-0.3, -0.25) is 0 Å². The summed E-state index contributed by atoms with van der Waals surface area (Å²) in [4.78, 5) is 7.57. The lowest BCUT2D eigenvalue weighted by atomic mass is 9.79. The number of aromatic amines is 1. The van der Waals surface area contributed by atoms with Crippen LogP contribution in [0.1, 0.15) is 40.0 Å². The maximum absolute atomic E-state index is 4.35. The minimum atomic E-state index is 0.639. The van der Waals surface area contributed by atoms with Gasteiger partial charge in [-0.25, -0.2) is 4.98 Å².